The lowest BCUT2D eigenvalue weighted by Gasteiger charge is -2.13. The second kappa shape index (κ2) is 3.66. The van der Waals surface area contributed by atoms with E-state index >= 15 is 0 Å². The second-order valence-electron chi connectivity index (χ2n) is 3.03. The lowest BCUT2D eigenvalue weighted by Crippen LogP contribution is -2.20. The van der Waals surface area contributed by atoms with E-state index in [1.807, 2.05) is 6.08 Å². The van der Waals surface area contributed by atoms with Crippen LogP contribution in [0.1, 0.15) is 12.0 Å². The Bertz CT molecular complexity index is 333. The van der Waals surface area contributed by atoms with Gasteiger partial charge in [0.15, 0.2) is 0 Å². The van der Waals surface area contributed by atoms with Gasteiger partial charge in [0, 0.05) is 18.3 Å². The Kier molecular flexibility index (Phi) is 2.36. The van der Waals surface area contributed by atoms with Crippen LogP contribution in [0.15, 0.2) is 24.4 Å². The first-order chi connectivity index (χ1) is 6.38. The summed E-state index contributed by atoms with van der Waals surface area (Å²) in [5.41, 5.74) is 1.70. The number of nitrogens with zero attached hydrogens (tertiary/aromatic N) is 1. The molecule has 0 radical (unpaired) electrons. The molecule has 0 spiro atoms. The van der Waals surface area contributed by atoms with E-state index in [0.717, 1.165) is 25.1 Å². The SMILES string of the molecule is Fc1ncccc1C1=CCNCC1. The van der Waals surface area contributed by atoms with Crippen LogP contribution >= 0.6 is 0 Å². The van der Waals surface area contributed by atoms with Gasteiger partial charge in [-0.25, -0.2) is 4.98 Å². The molecule has 0 saturated carbocycles. The van der Waals surface area contributed by atoms with Gasteiger partial charge in [-0.05, 0) is 30.7 Å². The molecule has 0 aliphatic carbocycles. The van der Waals surface area contributed by atoms with E-state index in [1.54, 1.807) is 12.1 Å². The van der Waals surface area contributed by atoms with Crippen molar-refractivity contribution in [2.75, 3.05) is 13.1 Å². The van der Waals surface area contributed by atoms with Crippen molar-refractivity contribution in [2.45, 2.75) is 6.42 Å². The summed E-state index contributed by atoms with van der Waals surface area (Å²) in [5.74, 6) is -0.365. The molecule has 0 unspecified atom stereocenters. The van der Waals surface area contributed by atoms with Crippen molar-refractivity contribution in [3.05, 3.63) is 35.9 Å². The average Bonchev–Trinajstić information content (AvgIpc) is 2.20. The Hall–Kier alpha value is -1.22. The molecule has 1 aromatic rings. The first-order valence-electron chi connectivity index (χ1n) is 4.38. The number of aromatic nitrogens is 1. The van der Waals surface area contributed by atoms with E-state index in [1.165, 1.54) is 6.20 Å². The lowest BCUT2D eigenvalue weighted by molar-refractivity contribution is 0.578. The first-order valence-corrected chi connectivity index (χ1v) is 4.38. The third-order valence-corrected chi connectivity index (χ3v) is 2.17. The summed E-state index contributed by atoms with van der Waals surface area (Å²) in [6.07, 6.45) is 4.37. The topological polar surface area (TPSA) is 24.9 Å². The molecule has 1 N–H and O–H groups in total. The fraction of sp³-hybridized carbons (Fsp3) is 0.300. The zero-order chi connectivity index (χ0) is 9.10. The monoisotopic (exact) mass is 178 g/mol. The van der Waals surface area contributed by atoms with Gasteiger partial charge in [0.1, 0.15) is 0 Å². The number of nitrogens with one attached hydrogen (secondary N) is 1. The largest absolute Gasteiger partial charge is 0.313 e. The highest BCUT2D eigenvalue weighted by molar-refractivity contribution is 5.66. The Balaban J connectivity index is 2.34. The number of pyridine rings is 1. The fourth-order valence-corrected chi connectivity index (χ4v) is 1.49. The molecule has 1 aliphatic rings. The van der Waals surface area contributed by atoms with E-state index < -0.39 is 0 Å². The molecular weight excluding hydrogens is 167 g/mol. The maximum atomic E-state index is 13.2. The second-order valence-corrected chi connectivity index (χ2v) is 3.03. The van der Waals surface area contributed by atoms with Crippen LogP contribution < -0.4 is 5.32 Å². The van der Waals surface area contributed by atoms with Crippen LogP contribution in [0.5, 0.6) is 0 Å². The molecule has 0 bridgehead atoms. The molecule has 2 nitrogen and oxygen atoms in total. The molecule has 13 heavy (non-hydrogen) atoms. The van der Waals surface area contributed by atoms with E-state index in [2.05, 4.69) is 10.3 Å². The highest BCUT2D eigenvalue weighted by Gasteiger charge is 2.09. The molecule has 2 rings (SSSR count). The molecule has 1 aliphatic heterocycles. The number of hydrogen-bond donors (Lipinski definition) is 1. The minimum Gasteiger partial charge on any atom is -0.313 e. The van der Waals surface area contributed by atoms with Gasteiger partial charge in [-0.15, -0.1) is 0 Å². The van der Waals surface area contributed by atoms with Gasteiger partial charge in [0.25, 0.3) is 0 Å². The predicted octanol–water partition coefficient (Wildman–Crippen LogP) is 1.60. The van der Waals surface area contributed by atoms with Gasteiger partial charge in [-0.2, -0.15) is 4.39 Å². The Morgan fingerprint density at radius 1 is 1.46 bits per heavy atom. The smallest absolute Gasteiger partial charge is 0.220 e. The molecule has 68 valence electrons. The maximum absolute atomic E-state index is 13.2. The molecule has 3 heteroatoms. The summed E-state index contributed by atoms with van der Waals surface area (Å²) in [5, 5.41) is 3.18. The zero-order valence-corrected chi connectivity index (χ0v) is 7.26. The average molecular weight is 178 g/mol. The third-order valence-electron chi connectivity index (χ3n) is 2.17. The molecule has 0 aromatic carbocycles. The lowest BCUT2D eigenvalue weighted by atomic mass is 10.0. The van der Waals surface area contributed by atoms with Crippen molar-refractivity contribution in [3.63, 3.8) is 0 Å². The van der Waals surface area contributed by atoms with E-state index in [-0.39, 0.29) is 5.95 Å². The minimum atomic E-state index is -0.365. The van der Waals surface area contributed by atoms with Gasteiger partial charge in [-0.3, -0.25) is 0 Å². The molecular formula is C10H11FN2. The van der Waals surface area contributed by atoms with Gasteiger partial charge in [0.2, 0.25) is 5.95 Å². The van der Waals surface area contributed by atoms with Crippen molar-refractivity contribution in [2.24, 2.45) is 0 Å². The van der Waals surface area contributed by atoms with Crippen LogP contribution in [0.3, 0.4) is 0 Å². The van der Waals surface area contributed by atoms with Crippen LogP contribution in [0, 0.1) is 5.95 Å². The normalized spacial score (nSPS) is 16.8. The van der Waals surface area contributed by atoms with Crippen molar-refractivity contribution in [1.29, 1.82) is 0 Å². The first kappa shape index (κ1) is 8.38. The standard InChI is InChI=1S/C10H11FN2/c11-10-9(2-1-5-13-10)8-3-6-12-7-4-8/h1-3,5,12H,4,6-7H2. The number of hydrogen-bond acceptors (Lipinski definition) is 2. The third kappa shape index (κ3) is 1.75. The highest BCUT2D eigenvalue weighted by atomic mass is 19.1. The van der Waals surface area contributed by atoms with E-state index in [4.69, 9.17) is 0 Å². The van der Waals surface area contributed by atoms with Gasteiger partial charge in [0.05, 0.1) is 0 Å². The van der Waals surface area contributed by atoms with Crippen LogP contribution in [-0.4, -0.2) is 18.1 Å². The van der Waals surface area contributed by atoms with Gasteiger partial charge < -0.3 is 5.32 Å². The van der Waals surface area contributed by atoms with Crippen molar-refractivity contribution >= 4 is 5.57 Å². The van der Waals surface area contributed by atoms with Crippen molar-refractivity contribution in [1.82, 2.24) is 10.3 Å². The fourth-order valence-electron chi connectivity index (χ4n) is 1.49. The molecule has 0 atom stereocenters. The van der Waals surface area contributed by atoms with Crippen LogP contribution in [0.25, 0.3) is 5.57 Å². The summed E-state index contributed by atoms with van der Waals surface area (Å²) in [6, 6.07) is 3.54. The summed E-state index contributed by atoms with van der Waals surface area (Å²) in [7, 11) is 0. The minimum absolute atomic E-state index is 0.365. The quantitative estimate of drug-likeness (QED) is 0.661. The Morgan fingerprint density at radius 2 is 2.38 bits per heavy atom. The summed E-state index contributed by atoms with van der Waals surface area (Å²) in [6.45, 7) is 1.74. The van der Waals surface area contributed by atoms with E-state index in [0.29, 0.717) is 5.56 Å². The summed E-state index contributed by atoms with van der Waals surface area (Å²) < 4.78 is 13.2. The maximum Gasteiger partial charge on any atom is 0.220 e. The van der Waals surface area contributed by atoms with Crippen molar-refractivity contribution < 1.29 is 4.39 Å². The summed E-state index contributed by atoms with van der Waals surface area (Å²) in [4.78, 5) is 3.63. The Morgan fingerprint density at radius 3 is 3.08 bits per heavy atom. The number of rotatable bonds is 1. The van der Waals surface area contributed by atoms with Crippen LogP contribution in [0.4, 0.5) is 4.39 Å². The Labute approximate surface area is 76.5 Å². The predicted molar refractivity (Wildman–Crippen MR) is 49.7 cm³/mol. The van der Waals surface area contributed by atoms with Gasteiger partial charge in [-0.1, -0.05) is 6.08 Å². The van der Waals surface area contributed by atoms with Crippen molar-refractivity contribution in [3.8, 4) is 0 Å². The molecule has 0 amide bonds. The highest BCUT2D eigenvalue weighted by Crippen LogP contribution is 2.20. The van der Waals surface area contributed by atoms with Crippen LogP contribution in [0.2, 0.25) is 0 Å². The molecule has 1 aromatic heterocycles. The van der Waals surface area contributed by atoms with E-state index in [9.17, 15) is 4.39 Å². The molecule has 2 heterocycles. The van der Waals surface area contributed by atoms with Gasteiger partial charge >= 0.3 is 0 Å². The molecule has 0 saturated heterocycles. The summed E-state index contributed by atoms with van der Waals surface area (Å²) >= 11 is 0. The zero-order valence-electron chi connectivity index (χ0n) is 7.26. The molecule has 0 fully saturated rings. The number of halogens is 1. The van der Waals surface area contributed by atoms with Crippen LogP contribution in [-0.2, 0) is 0 Å².